The van der Waals surface area contributed by atoms with E-state index in [1.165, 1.54) is 0 Å². The van der Waals surface area contributed by atoms with Crippen molar-refractivity contribution >= 4 is 34.0 Å². The summed E-state index contributed by atoms with van der Waals surface area (Å²) in [4.78, 5) is 20.1. The van der Waals surface area contributed by atoms with Crippen molar-refractivity contribution in [3.8, 4) is 17.2 Å². The molecular formula is C26H22N4O4. The number of benzene rings is 3. The number of urea groups is 1. The topological polar surface area (TPSA) is 86.1 Å². The Morgan fingerprint density at radius 3 is 2.38 bits per heavy atom. The second-order valence-electron chi connectivity index (χ2n) is 7.17. The lowest BCUT2D eigenvalue weighted by atomic mass is 10.1. The zero-order chi connectivity index (χ0) is 23.8. The van der Waals surface area contributed by atoms with Gasteiger partial charge in [0.25, 0.3) is 0 Å². The molecule has 0 aliphatic carbocycles. The first kappa shape index (κ1) is 22.6. The highest BCUT2D eigenvalue weighted by atomic mass is 16.5. The van der Waals surface area contributed by atoms with Crippen LogP contribution in [-0.4, -0.2) is 31.3 Å². The molecule has 0 bridgehead atoms. The van der Waals surface area contributed by atoms with E-state index >= 15 is 0 Å². The zero-order valence-corrected chi connectivity index (χ0v) is 18.4. The summed E-state index contributed by atoms with van der Waals surface area (Å²) in [5.74, 6) is 1.58. The minimum atomic E-state index is -0.338. The highest BCUT2D eigenvalue weighted by Gasteiger charge is 2.12. The van der Waals surface area contributed by atoms with Crippen molar-refractivity contribution in [2.75, 3.05) is 31.0 Å². The molecule has 0 saturated heterocycles. The third kappa shape index (κ3) is 5.59. The minimum Gasteiger partial charge on any atom is -0.502 e. The first-order valence-electron chi connectivity index (χ1n) is 10.5. The molecule has 0 aliphatic heterocycles. The van der Waals surface area contributed by atoms with Gasteiger partial charge >= 0.3 is 6.03 Å². The summed E-state index contributed by atoms with van der Waals surface area (Å²) in [5, 5.41) is 6.24. The summed E-state index contributed by atoms with van der Waals surface area (Å²) in [7, 11) is 1.59. The maximum atomic E-state index is 12.2. The van der Waals surface area contributed by atoms with Gasteiger partial charge in [-0.15, -0.1) is 0 Å². The SMILES string of the molecule is [C-]#[N+]c1cc2c(Oc3ccc(NC(=O)Nc4ccccc4)cc3)ccnc2cc1OCCOC. The van der Waals surface area contributed by atoms with Crippen molar-refractivity contribution in [1.29, 1.82) is 0 Å². The predicted molar refractivity (Wildman–Crippen MR) is 131 cm³/mol. The second kappa shape index (κ2) is 10.8. The highest BCUT2D eigenvalue weighted by Crippen LogP contribution is 2.37. The maximum absolute atomic E-state index is 12.2. The van der Waals surface area contributed by atoms with Crippen LogP contribution >= 0.6 is 0 Å². The van der Waals surface area contributed by atoms with Crippen LogP contribution in [0.2, 0.25) is 0 Å². The number of carbonyl (C=O) groups is 1. The molecule has 0 aliphatic rings. The summed E-state index contributed by atoms with van der Waals surface area (Å²) in [5.41, 5.74) is 2.34. The van der Waals surface area contributed by atoms with Gasteiger partial charge in [-0.05, 0) is 54.6 Å². The van der Waals surface area contributed by atoms with Crippen molar-refractivity contribution in [3.05, 3.63) is 90.4 Å². The first-order chi connectivity index (χ1) is 16.7. The zero-order valence-electron chi connectivity index (χ0n) is 18.4. The summed E-state index contributed by atoms with van der Waals surface area (Å²) in [6.45, 7) is 8.25. The van der Waals surface area contributed by atoms with E-state index in [0.29, 0.717) is 58.4 Å². The molecule has 0 spiro atoms. The number of nitrogens with one attached hydrogen (secondary N) is 2. The summed E-state index contributed by atoms with van der Waals surface area (Å²) in [6.07, 6.45) is 1.64. The number of carbonyl (C=O) groups excluding carboxylic acids is 1. The number of hydrogen-bond donors (Lipinski definition) is 2. The van der Waals surface area contributed by atoms with Crippen molar-refractivity contribution in [1.82, 2.24) is 4.98 Å². The number of methoxy groups -OCH3 is 1. The van der Waals surface area contributed by atoms with Gasteiger partial charge in [0, 0.05) is 30.1 Å². The molecule has 0 atom stereocenters. The number of rotatable bonds is 8. The van der Waals surface area contributed by atoms with Crippen LogP contribution in [0.25, 0.3) is 15.7 Å². The van der Waals surface area contributed by atoms with Crippen LogP contribution in [-0.2, 0) is 4.74 Å². The smallest absolute Gasteiger partial charge is 0.323 e. The summed E-state index contributed by atoms with van der Waals surface area (Å²) < 4.78 is 16.7. The average Bonchev–Trinajstić information content (AvgIpc) is 2.85. The Morgan fingerprint density at radius 2 is 1.68 bits per heavy atom. The molecule has 4 rings (SSSR count). The lowest BCUT2D eigenvalue weighted by molar-refractivity contribution is 0.147. The first-order valence-corrected chi connectivity index (χ1v) is 10.5. The van der Waals surface area contributed by atoms with Crippen LogP contribution in [0, 0.1) is 6.57 Å². The molecule has 4 aromatic rings. The van der Waals surface area contributed by atoms with E-state index in [0.717, 1.165) is 0 Å². The summed E-state index contributed by atoms with van der Waals surface area (Å²) in [6, 6.07) is 21.0. The second-order valence-corrected chi connectivity index (χ2v) is 7.17. The third-order valence-electron chi connectivity index (χ3n) is 4.82. The molecule has 1 heterocycles. The van der Waals surface area contributed by atoms with Crippen LogP contribution in [0.3, 0.4) is 0 Å². The van der Waals surface area contributed by atoms with E-state index in [4.69, 9.17) is 20.8 Å². The third-order valence-corrected chi connectivity index (χ3v) is 4.82. The van der Waals surface area contributed by atoms with Gasteiger partial charge in [-0.1, -0.05) is 18.2 Å². The van der Waals surface area contributed by atoms with Crippen molar-refractivity contribution in [2.24, 2.45) is 0 Å². The Labute approximate surface area is 196 Å². The molecule has 2 amide bonds. The molecule has 8 nitrogen and oxygen atoms in total. The number of hydrogen-bond acceptors (Lipinski definition) is 5. The van der Waals surface area contributed by atoms with Gasteiger partial charge in [-0.25, -0.2) is 9.64 Å². The van der Waals surface area contributed by atoms with Gasteiger partial charge in [-0.3, -0.25) is 4.98 Å². The van der Waals surface area contributed by atoms with Crippen molar-refractivity contribution < 1.29 is 19.0 Å². The number of para-hydroxylation sites is 1. The van der Waals surface area contributed by atoms with E-state index in [1.807, 2.05) is 30.3 Å². The number of ether oxygens (including phenoxy) is 3. The van der Waals surface area contributed by atoms with Crippen molar-refractivity contribution in [2.45, 2.75) is 0 Å². The number of amides is 2. The average molecular weight is 454 g/mol. The van der Waals surface area contributed by atoms with Gasteiger partial charge in [0.1, 0.15) is 23.9 Å². The minimum absolute atomic E-state index is 0.338. The Morgan fingerprint density at radius 1 is 0.941 bits per heavy atom. The standard InChI is InChI=1S/C26H22N4O4/c1-27-23-16-21-22(17-25(23)33-15-14-32-2)28-13-12-24(21)34-20-10-8-19(9-11-20)30-26(31)29-18-6-4-3-5-7-18/h3-13,16-17H,14-15H2,2H3,(H2,29,30,31). The lowest BCUT2D eigenvalue weighted by Crippen LogP contribution is -2.19. The molecule has 2 N–H and O–H groups in total. The predicted octanol–water partition coefficient (Wildman–Crippen LogP) is 6.25. The van der Waals surface area contributed by atoms with Gasteiger partial charge in [0.2, 0.25) is 5.69 Å². The highest BCUT2D eigenvalue weighted by molar-refractivity contribution is 5.99. The van der Waals surface area contributed by atoms with Crippen LogP contribution in [0.1, 0.15) is 0 Å². The Hall–Kier alpha value is -4.61. The fraction of sp³-hybridized carbons (Fsp3) is 0.115. The molecule has 34 heavy (non-hydrogen) atoms. The van der Waals surface area contributed by atoms with E-state index in [2.05, 4.69) is 20.5 Å². The van der Waals surface area contributed by atoms with Gasteiger partial charge < -0.3 is 24.8 Å². The maximum Gasteiger partial charge on any atom is 0.323 e. The molecule has 8 heteroatoms. The van der Waals surface area contributed by atoms with E-state index in [9.17, 15) is 4.79 Å². The van der Waals surface area contributed by atoms with Crippen molar-refractivity contribution in [3.63, 3.8) is 0 Å². The Balaban J connectivity index is 1.47. The van der Waals surface area contributed by atoms with E-state index < -0.39 is 0 Å². The largest absolute Gasteiger partial charge is 0.502 e. The van der Waals surface area contributed by atoms with Crippen LogP contribution in [0.4, 0.5) is 21.9 Å². The molecule has 0 unspecified atom stereocenters. The normalized spacial score (nSPS) is 10.4. The monoisotopic (exact) mass is 454 g/mol. The van der Waals surface area contributed by atoms with Gasteiger partial charge in [0.15, 0.2) is 0 Å². The molecule has 3 aromatic carbocycles. The molecule has 0 fully saturated rings. The van der Waals surface area contributed by atoms with E-state index in [-0.39, 0.29) is 6.03 Å². The van der Waals surface area contributed by atoms with Crippen LogP contribution in [0.5, 0.6) is 17.2 Å². The molecule has 0 saturated carbocycles. The number of nitrogens with zero attached hydrogens (tertiary/aromatic N) is 2. The Bertz CT molecular complexity index is 1320. The molecule has 0 radical (unpaired) electrons. The Kier molecular flexibility index (Phi) is 7.18. The van der Waals surface area contributed by atoms with Gasteiger partial charge in [-0.2, -0.15) is 0 Å². The number of aromatic nitrogens is 1. The fourth-order valence-corrected chi connectivity index (χ4v) is 3.21. The number of pyridine rings is 1. The van der Waals surface area contributed by atoms with Crippen LogP contribution < -0.4 is 20.1 Å². The van der Waals surface area contributed by atoms with E-state index in [1.54, 1.807) is 55.8 Å². The number of anilines is 2. The summed E-state index contributed by atoms with van der Waals surface area (Å²) >= 11 is 0. The molecule has 1 aromatic heterocycles. The number of fused-ring (bicyclic) bond motifs is 1. The molecule has 170 valence electrons. The quantitative estimate of drug-likeness (QED) is 0.243. The van der Waals surface area contributed by atoms with Gasteiger partial charge in [0.05, 0.1) is 18.7 Å². The molecular weight excluding hydrogens is 432 g/mol. The lowest BCUT2D eigenvalue weighted by Gasteiger charge is -2.12. The fourth-order valence-electron chi connectivity index (χ4n) is 3.21. The van der Waals surface area contributed by atoms with Crippen LogP contribution in [0.15, 0.2) is 79.0 Å².